The predicted molar refractivity (Wildman–Crippen MR) is 138 cm³/mol. The molecule has 0 unspecified atom stereocenters. The van der Waals surface area contributed by atoms with Crippen molar-refractivity contribution in [3.63, 3.8) is 0 Å². The van der Waals surface area contributed by atoms with Crippen LogP contribution in [0.2, 0.25) is 0 Å². The van der Waals surface area contributed by atoms with E-state index in [1.165, 1.54) is 24.0 Å². The van der Waals surface area contributed by atoms with Gasteiger partial charge in [0.2, 0.25) is 5.91 Å². The Bertz CT molecular complexity index is 1450. The monoisotopic (exact) mass is 466 g/mol. The highest BCUT2D eigenvalue weighted by atomic mass is 16.2. The topological polar surface area (TPSA) is 76.9 Å². The van der Waals surface area contributed by atoms with Crippen LogP contribution >= 0.6 is 0 Å². The minimum Gasteiger partial charge on any atom is -0.311 e. The molecule has 0 fully saturated rings. The molecule has 1 aliphatic rings. The fraction of sp³-hybridized carbons (Fsp3) is 0.310. The Morgan fingerprint density at radius 2 is 1.71 bits per heavy atom. The first kappa shape index (κ1) is 23.0. The van der Waals surface area contributed by atoms with Crippen LogP contribution in [0.1, 0.15) is 64.0 Å². The summed E-state index contributed by atoms with van der Waals surface area (Å²) in [6.45, 7) is 5.97. The normalized spacial score (nSPS) is 13.0. The number of hydrogen-bond acceptors (Lipinski definition) is 4. The van der Waals surface area contributed by atoms with Gasteiger partial charge < -0.3 is 5.32 Å². The molecular formula is C29H30N4O2. The summed E-state index contributed by atoms with van der Waals surface area (Å²) < 4.78 is 1.66. The first-order valence-electron chi connectivity index (χ1n) is 12.3. The smallest absolute Gasteiger partial charge is 0.225 e. The molecule has 35 heavy (non-hydrogen) atoms. The van der Waals surface area contributed by atoms with Gasteiger partial charge in [-0.25, -0.2) is 4.98 Å². The lowest BCUT2D eigenvalue weighted by Gasteiger charge is -2.16. The molecule has 0 spiro atoms. The highest BCUT2D eigenvalue weighted by molar-refractivity contribution is 6.00. The van der Waals surface area contributed by atoms with Gasteiger partial charge in [0, 0.05) is 29.9 Å². The molecule has 0 atom stereocenters. The van der Waals surface area contributed by atoms with E-state index in [9.17, 15) is 9.59 Å². The number of pyridine rings is 1. The van der Waals surface area contributed by atoms with Gasteiger partial charge in [0.25, 0.3) is 0 Å². The van der Waals surface area contributed by atoms with Crippen LogP contribution in [0.4, 0.5) is 5.82 Å². The summed E-state index contributed by atoms with van der Waals surface area (Å²) in [5.41, 5.74) is 7.20. The number of carbonyl (C=O) groups is 2. The van der Waals surface area contributed by atoms with Gasteiger partial charge in [-0.3, -0.25) is 9.59 Å². The van der Waals surface area contributed by atoms with Gasteiger partial charge in [0.05, 0.1) is 11.2 Å². The lowest BCUT2D eigenvalue weighted by molar-refractivity contribution is -0.116. The second-order valence-corrected chi connectivity index (χ2v) is 9.51. The van der Waals surface area contributed by atoms with Crippen molar-refractivity contribution in [2.75, 3.05) is 5.32 Å². The summed E-state index contributed by atoms with van der Waals surface area (Å²) in [4.78, 5) is 30.4. The lowest BCUT2D eigenvalue weighted by atomic mass is 9.89. The van der Waals surface area contributed by atoms with Crippen molar-refractivity contribution in [2.24, 2.45) is 0 Å². The van der Waals surface area contributed by atoms with Gasteiger partial charge in [0.15, 0.2) is 11.6 Å². The zero-order chi connectivity index (χ0) is 24.5. The maximum atomic E-state index is 12.8. The molecule has 2 heterocycles. The number of aromatic nitrogens is 3. The van der Waals surface area contributed by atoms with E-state index < -0.39 is 0 Å². The van der Waals surface area contributed by atoms with Crippen LogP contribution in [-0.4, -0.2) is 26.5 Å². The number of anilines is 1. The maximum absolute atomic E-state index is 12.8. The van der Waals surface area contributed by atoms with E-state index in [1.807, 2.05) is 57.2 Å². The standard InChI is InChI=1S/C29H30N4O2/c1-18-7-6-10-24-19(2)15-26(31-29(18)24)33-27(16-20(3)32-33)30-28(35)14-13-25(34)23-12-11-21-8-4-5-9-22(21)17-23/h6-7,10-12,15-17H,4-5,8-9,13-14H2,1-3H3,(H,30,35). The average molecular weight is 467 g/mol. The molecule has 1 N–H and O–H groups in total. The molecule has 178 valence electrons. The molecular weight excluding hydrogens is 436 g/mol. The fourth-order valence-corrected chi connectivity index (χ4v) is 4.90. The number of hydrogen-bond donors (Lipinski definition) is 1. The molecule has 0 radical (unpaired) electrons. The van der Waals surface area contributed by atoms with Crippen LogP contribution in [0, 0.1) is 20.8 Å². The number of fused-ring (bicyclic) bond motifs is 2. The Morgan fingerprint density at radius 3 is 2.54 bits per heavy atom. The summed E-state index contributed by atoms with van der Waals surface area (Å²) in [5.74, 6) is 0.984. The Hall–Kier alpha value is -3.80. The quantitative estimate of drug-likeness (QED) is 0.363. The molecule has 2 aromatic carbocycles. The van der Waals surface area contributed by atoms with Crippen LogP contribution in [-0.2, 0) is 17.6 Å². The zero-order valence-corrected chi connectivity index (χ0v) is 20.5. The van der Waals surface area contributed by atoms with Gasteiger partial charge >= 0.3 is 0 Å². The van der Waals surface area contributed by atoms with Crippen molar-refractivity contribution in [1.82, 2.24) is 14.8 Å². The molecule has 0 saturated carbocycles. The van der Waals surface area contributed by atoms with Crippen molar-refractivity contribution in [1.29, 1.82) is 0 Å². The first-order valence-corrected chi connectivity index (χ1v) is 12.3. The predicted octanol–water partition coefficient (Wildman–Crippen LogP) is 5.83. The van der Waals surface area contributed by atoms with Crippen molar-refractivity contribution >= 4 is 28.4 Å². The second-order valence-electron chi connectivity index (χ2n) is 9.51. The number of rotatable bonds is 6. The highest BCUT2D eigenvalue weighted by Gasteiger charge is 2.17. The Kier molecular flexibility index (Phi) is 6.20. The molecule has 6 heteroatoms. The largest absolute Gasteiger partial charge is 0.311 e. The van der Waals surface area contributed by atoms with Crippen LogP contribution < -0.4 is 5.32 Å². The van der Waals surface area contributed by atoms with E-state index >= 15 is 0 Å². The fourth-order valence-electron chi connectivity index (χ4n) is 4.90. The Labute approximate surface area is 205 Å². The summed E-state index contributed by atoms with van der Waals surface area (Å²) in [5, 5.41) is 8.61. The minimum absolute atomic E-state index is 0.000470. The third-order valence-electron chi connectivity index (χ3n) is 6.80. The van der Waals surface area contributed by atoms with E-state index in [4.69, 9.17) is 4.98 Å². The number of Topliss-reactive ketones (excluding diaryl/α,β-unsaturated/α-hetero) is 1. The van der Waals surface area contributed by atoms with Crippen molar-refractivity contribution in [2.45, 2.75) is 59.3 Å². The molecule has 0 saturated heterocycles. The number of para-hydroxylation sites is 1. The van der Waals surface area contributed by atoms with Gasteiger partial charge in [-0.2, -0.15) is 9.78 Å². The van der Waals surface area contributed by atoms with Gasteiger partial charge in [0.1, 0.15) is 5.82 Å². The van der Waals surface area contributed by atoms with E-state index in [2.05, 4.69) is 22.5 Å². The number of carbonyl (C=O) groups excluding carboxylic acids is 2. The molecule has 4 aromatic rings. The minimum atomic E-state index is -0.217. The van der Waals surface area contributed by atoms with Crippen LogP contribution in [0.5, 0.6) is 0 Å². The van der Waals surface area contributed by atoms with E-state index in [1.54, 1.807) is 4.68 Å². The summed E-state index contributed by atoms with van der Waals surface area (Å²) in [7, 11) is 0. The molecule has 0 aliphatic heterocycles. The molecule has 5 rings (SSSR count). The third kappa shape index (κ3) is 4.74. The molecule has 1 aliphatic carbocycles. The molecule has 6 nitrogen and oxygen atoms in total. The molecule has 1 amide bonds. The first-order chi connectivity index (χ1) is 16.9. The van der Waals surface area contributed by atoms with E-state index in [0.717, 1.165) is 40.6 Å². The van der Waals surface area contributed by atoms with Crippen LogP contribution in [0.25, 0.3) is 16.7 Å². The Morgan fingerprint density at radius 1 is 0.914 bits per heavy atom. The number of ketones is 1. The maximum Gasteiger partial charge on any atom is 0.225 e. The average Bonchev–Trinajstić information content (AvgIpc) is 3.22. The number of amides is 1. The zero-order valence-electron chi connectivity index (χ0n) is 20.5. The van der Waals surface area contributed by atoms with Gasteiger partial charge in [-0.05, 0) is 80.8 Å². The summed E-state index contributed by atoms with van der Waals surface area (Å²) in [6, 6.07) is 15.9. The van der Waals surface area contributed by atoms with Crippen molar-refractivity contribution in [3.05, 3.63) is 82.0 Å². The van der Waals surface area contributed by atoms with Crippen LogP contribution in [0.15, 0.2) is 48.5 Å². The van der Waals surface area contributed by atoms with Crippen molar-refractivity contribution in [3.8, 4) is 5.82 Å². The van der Waals surface area contributed by atoms with Crippen LogP contribution in [0.3, 0.4) is 0 Å². The summed E-state index contributed by atoms with van der Waals surface area (Å²) >= 11 is 0. The highest BCUT2D eigenvalue weighted by Crippen LogP contribution is 2.25. The van der Waals surface area contributed by atoms with Gasteiger partial charge in [-0.15, -0.1) is 0 Å². The third-order valence-corrected chi connectivity index (χ3v) is 6.80. The number of nitrogens with zero attached hydrogens (tertiary/aromatic N) is 3. The Balaban J connectivity index is 1.31. The van der Waals surface area contributed by atoms with Gasteiger partial charge in [-0.1, -0.05) is 30.3 Å². The number of benzene rings is 2. The summed E-state index contributed by atoms with van der Waals surface area (Å²) in [6.07, 6.45) is 4.79. The molecule has 0 bridgehead atoms. The number of nitrogens with one attached hydrogen (secondary N) is 1. The lowest BCUT2D eigenvalue weighted by Crippen LogP contribution is -2.17. The SMILES string of the molecule is Cc1cc(NC(=O)CCC(=O)c2ccc3c(c2)CCCC3)n(-c2cc(C)c3cccc(C)c3n2)n1. The van der Waals surface area contributed by atoms with Crippen molar-refractivity contribution < 1.29 is 9.59 Å². The van der Waals surface area contributed by atoms with E-state index in [0.29, 0.717) is 17.2 Å². The van der Waals surface area contributed by atoms with E-state index in [-0.39, 0.29) is 24.5 Å². The molecule has 2 aromatic heterocycles. The second kappa shape index (κ2) is 9.45. The number of aryl methyl sites for hydroxylation is 5.